The fourth-order valence-corrected chi connectivity index (χ4v) is 2.83. The van der Waals surface area contributed by atoms with E-state index in [9.17, 15) is 0 Å². The highest BCUT2D eigenvalue weighted by molar-refractivity contribution is 5.91. The molecule has 0 amide bonds. The van der Waals surface area contributed by atoms with Crippen LogP contribution in [0.3, 0.4) is 0 Å². The van der Waals surface area contributed by atoms with E-state index in [2.05, 4.69) is 37.7 Å². The van der Waals surface area contributed by atoms with Crippen LogP contribution >= 0.6 is 0 Å². The Hall–Kier alpha value is -3.47. The number of para-hydroxylation sites is 1. The van der Waals surface area contributed by atoms with Gasteiger partial charge in [-0.05, 0) is 24.6 Å². The molecule has 5 heteroatoms. The molecular formula is C21H19N5. The number of aromatic nitrogens is 3. The summed E-state index contributed by atoms with van der Waals surface area (Å²) in [5, 5.41) is 7.74. The van der Waals surface area contributed by atoms with Gasteiger partial charge in [-0.1, -0.05) is 48.5 Å². The zero-order valence-electron chi connectivity index (χ0n) is 14.5. The van der Waals surface area contributed by atoms with Crippen LogP contribution in [0.15, 0.2) is 72.9 Å². The topological polar surface area (TPSA) is 62.7 Å². The summed E-state index contributed by atoms with van der Waals surface area (Å²) in [6, 6.07) is 22.2. The second-order valence-corrected chi connectivity index (χ2v) is 6.06. The van der Waals surface area contributed by atoms with Gasteiger partial charge in [0.05, 0.1) is 11.2 Å². The van der Waals surface area contributed by atoms with Gasteiger partial charge in [-0.25, -0.2) is 4.98 Å². The molecule has 0 unspecified atom stereocenters. The Labute approximate surface area is 152 Å². The summed E-state index contributed by atoms with van der Waals surface area (Å²) in [6.07, 6.45) is 1.79. The van der Waals surface area contributed by atoms with Gasteiger partial charge in [0.1, 0.15) is 5.82 Å². The van der Waals surface area contributed by atoms with Gasteiger partial charge in [-0.3, -0.25) is 4.98 Å². The molecule has 0 spiro atoms. The van der Waals surface area contributed by atoms with Crippen LogP contribution in [0, 0.1) is 6.92 Å². The molecule has 26 heavy (non-hydrogen) atoms. The van der Waals surface area contributed by atoms with Crippen LogP contribution in [0.2, 0.25) is 0 Å². The van der Waals surface area contributed by atoms with E-state index in [4.69, 9.17) is 0 Å². The molecule has 0 fully saturated rings. The van der Waals surface area contributed by atoms with E-state index in [1.807, 2.05) is 61.5 Å². The second-order valence-electron chi connectivity index (χ2n) is 6.06. The fraction of sp³-hybridized carbons (Fsp3) is 0.0952. The first-order valence-corrected chi connectivity index (χ1v) is 8.52. The molecule has 0 atom stereocenters. The number of hydrogen-bond acceptors (Lipinski definition) is 5. The first kappa shape index (κ1) is 16.0. The predicted molar refractivity (Wildman–Crippen MR) is 106 cm³/mol. The smallest absolute Gasteiger partial charge is 0.229 e. The monoisotopic (exact) mass is 341 g/mol. The first-order valence-electron chi connectivity index (χ1n) is 8.52. The molecule has 5 nitrogen and oxygen atoms in total. The van der Waals surface area contributed by atoms with Crippen LogP contribution in [-0.2, 0) is 6.54 Å². The lowest BCUT2D eigenvalue weighted by atomic mass is 10.2. The zero-order valence-corrected chi connectivity index (χ0v) is 14.5. The van der Waals surface area contributed by atoms with Crippen molar-refractivity contribution in [3.63, 3.8) is 0 Å². The molecule has 0 aliphatic carbocycles. The van der Waals surface area contributed by atoms with Gasteiger partial charge in [-0.15, -0.1) is 0 Å². The van der Waals surface area contributed by atoms with Gasteiger partial charge in [0.2, 0.25) is 5.95 Å². The lowest BCUT2D eigenvalue weighted by Crippen LogP contribution is -2.06. The number of hydrogen-bond donors (Lipinski definition) is 2. The third kappa shape index (κ3) is 3.62. The molecule has 2 aromatic carbocycles. The third-order valence-electron chi connectivity index (χ3n) is 4.05. The van der Waals surface area contributed by atoms with Gasteiger partial charge < -0.3 is 10.6 Å². The minimum Gasteiger partial charge on any atom is -0.366 e. The van der Waals surface area contributed by atoms with Crippen LogP contribution in [0.1, 0.15) is 11.3 Å². The summed E-state index contributed by atoms with van der Waals surface area (Å²) in [6.45, 7) is 2.68. The van der Waals surface area contributed by atoms with Crippen LogP contribution in [0.5, 0.6) is 0 Å². The van der Waals surface area contributed by atoms with Crippen LogP contribution in [-0.4, -0.2) is 15.0 Å². The molecule has 0 radical (unpaired) electrons. The first-order chi connectivity index (χ1) is 12.8. The summed E-state index contributed by atoms with van der Waals surface area (Å²) < 4.78 is 0. The van der Waals surface area contributed by atoms with Gasteiger partial charge in [0.25, 0.3) is 0 Å². The Morgan fingerprint density at radius 1 is 0.885 bits per heavy atom. The number of nitrogens with zero attached hydrogens (tertiary/aromatic N) is 3. The van der Waals surface area contributed by atoms with Crippen molar-refractivity contribution in [2.24, 2.45) is 0 Å². The van der Waals surface area contributed by atoms with Gasteiger partial charge in [-0.2, -0.15) is 4.98 Å². The average Bonchev–Trinajstić information content (AvgIpc) is 2.67. The van der Waals surface area contributed by atoms with Gasteiger partial charge >= 0.3 is 0 Å². The number of nitrogens with one attached hydrogen (secondary N) is 2. The Bertz CT molecular complexity index is 1030. The molecule has 0 saturated carbocycles. The maximum absolute atomic E-state index is 4.59. The van der Waals surface area contributed by atoms with Crippen molar-refractivity contribution < 1.29 is 0 Å². The maximum Gasteiger partial charge on any atom is 0.229 e. The molecule has 0 aliphatic rings. The highest BCUT2D eigenvalue weighted by Crippen LogP contribution is 2.23. The molecule has 2 aromatic heterocycles. The summed E-state index contributed by atoms with van der Waals surface area (Å²) in [7, 11) is 0. The predicted octanol–water partition coefficient (Wildman–Crippen LogP) is 4.69. The van der Waals surface area contributed by atoms with Crippen LogP contribution < -0.4 is 10.6 Å². The molecule has 2 heterocycles. The molecule has 0 saturated heterocycles. The quantitative estimate of drug-likeness (QED) is 0.551. The van der Waals surface area contributed by atoms with E-state index >= 15 is 0 Å². The standard InChI is InChI=1S/C21H19N5/c1-15-13-19(23-14-16-7-3-2-4-8-16)26-21(24-15)25-18-11-5-9-17-10-6-12-22-20(17)18/h2-13H,14H2,1H3,(H2,23,24,25,26). The number of aryl methyl sites for hydroxylation is 1. The van der Waals surface area contributed by atoms with Gasteiger partial charge in [0.15, 0.2) is 0 Å². The molecule has 128 valence electrons. The van der Waals surface area contributed by atoms with E-state index in [-0.39, 0.29) is 0 Å². The summed E-state index contributed by atoms with van der Waals surface area (Å²) in [4.78, 5) is 13.6. The normalized spacial score (nSPS) is 10.7. The minimum absolute atomic E-state index is 0.554. The Morgan fingerprint density at radius 2 is 1.73 bits per heavy atom. The highest BCUT2D eigenvalue weighted by Gasteiger charge is 2.06. The zero-order chi connectivity index (χ0) is 17.8. The van der Waals surface area contributed by atoms with Crippen LogP contribution in [0.25, 0.3) is 10.9 Å². The summed E-state index contributed by atoms with van der Waals surface area (Å²) in [5.41, 5.74) is 3.89. The molecule has 4 aromatic rings. The molecule has 2 N–H and O–H groups in total. The number of benzene rings is 2. The molecule has 0 bridgehead atoms. The van der Waals surface area contributed by atoms with E-state index in [1.165, 1.54) is 5.56 Å². The van der Waals surface area contributed by atoms with Gasteiger partial charge in [0, 0.05) is 29.9 Å². The van der Waals surface area contributed by atoms with Crippen molar-refractivity contribution >= 4 is 28.4 Å². The van der Waals surface area contributed by atoms with Crippen molar-refractivity contribution in [3.05, 3.63) is 84.2 Å². The van der Waals surface area contributed by atoms with Crippen molar-refractivity contribution in [2.75, 3.05) is 10.6 Å². The van der Waals surface area contributed by atoms with Crippen LogP contribution in [0.4, 0.5) is 17.5 Å². The number of pyridine rings is 1. The van der Waals surface area contributed by atoms with E-state index in [1.54, 1.807) is 6.20 Å². The second kappa shape index (κ2) is 7.19. The average molecular weight is 341 g/mol. The van der Waals surface area contributed by atoms with Crippen molar-refractivity contribution in [1.29, 1.82) is 0 Å². The highest BCUT2D eigenvalue weighted by atomic mass is 15.1. The molecule has 4 rings (SSSR count). The molecule has 0 aliphatic heterocycles. The largest absolute Gasteiger partial charge is 0.366 e. The maximum atomic E-state index is 4.59. The van der Waals surface area contributed by atoms with E-state index in [0.717, 1.165) is 28.1 Å². The SMILES string of the molecule is Cc1cc(NCc2ccccc2)nc(Nc2cccc3cccnc23)n1. The van der Waals surface area contributed by atoms with Crippen molar-refractivity contribution in [3.8, 4) is 0 Å². The molecular weight excluding hydrogens is 322 g/mol. The summed E-state index contributed by atoms with van der Waals surface area (Å²) in [5.74, 6) is 1.34. The Balaban J connectivity index is 1.58. The Morgan fingerprint density at radius 3 is 2.62 bits per heavy atom. The minimum atomic E-state index is 0.554. The summed E-state index contributed by atoms with van der Waals surface area (Å²) >= 11 is 0. The fourth-order valence-electron chi connectivity index (χ4n) is 2.83. The van der Waals surface area contributed by atoms with Crippen molar-refractivity contribution in [1.82, 2.24) is 15.0 Å². The van der Waals surface area contributed by atoms with E-state index in [0.29, 0.717) is 12.5 Å². The van der Waals surface area contributed by atoms with E-state index < -0.39 is 0 Å². The third-order valence-corrected chi connectivity index (χ3v) is 4.05. The number of fused-ring (bicyclic) bond motifs is 1. The Kier molecular flexibility index (Phi) is 4.43. The lowest BCUT2D eigenvalue weighted by Gasteiger charge is -2.11. The number of rotatable bonds is 5. The lowest BCUT2D eigenvalue weighted by molar-refractivity contribution is 1.06. The number of anilines is 3. The van der Waals surface area contributed by atoms with Crippen molar-refractivity contribution in [2.45, 2.75) is 13.5 Å².